The number of carbonyl (C=O) groups is 3. The van der Waals surface area contributed by atoms with Gasteiger partial charge in [0, 0.05) is 12.1 Å². The van der Waals surface area contributed by atoms with Crippen LogP contribution in [0.15, 0.2) is 45.8 Å². The number of amides is 2. The summed E-state index contributed by atoms with van der Waals surface area (Å²) in [6.45, 7) is 4.07. The molecule has 0 aliphatic carbocycles. The third-order valence-corrected chi connectivity index (χ3v) is 6.58. The van der Waals surface area contributed by atoms with Crippen molar-refractivity contribution in [2.24, 2.45) is 0 Å². The van der Waals surface area contributed by atoms with Crippen molar-refractivity contribution in [1.29, 1.82) is 0 Å². The lowest BCUT2D eigenvalue weighted by molar-refractivity contribution is -0.384. The molecule has 1 heterocycles. The van der Waals surface area contributed by atoms with E-state index in [1.165, 1.54) is 12.1 Å². The molecule has 0 radical (unpaired) electrons. The average molecular weight is 593 g/mol. The van der Waals surface area contributed by atoms with Gasteiger partial charge >= 0.3 is 5.97 Å². The topological polar surface area (TPSA) is 125 Å². The second-order valence-electron chi connectivity index (χ2n) is 7.82. The number of nitro groups is 1. The molecule has 0 spiro atoms. The van der Waals surface area contributed by atoms with Crippen molar-refractivity contribution in [2.45, 2.75) is 33.3 Å². The first-order valence-electron chi connectivity index (χ1n) is 11.5. The van der Waals surface area contributed by atoms with Crippen molar-refractivity contribution in [3.8, 4) is 11.5 Å². The third kappa shape index (κ3) is 7.56. The van der Waals surface area contributed by atoms with Gasteiger partial charge < -0.3 is 14.2 Å². The van der Waals surface area contributed by atoms with Crippen LogP contribution in [0.2, 0.25) is 0 Å². The summed E-state index contributed by atoms with van der Waals surface area (Å²) in [7, 11) is 0. The highest BCUT2D eigenvalue weighted by atomic mass is 79.9. The van der Waals surface area contributed by atoms with Crippen LogP contribution in [0, 0.1) is 10.1 Å². The van der Waals surface area contributed by atoms with Crippen LogP contribution in [0.4, 0.5) is 10.5 Å². The minimum absolute atomic E-state index is 0.0120. The molecule has 196 valence electrons. The van der Waals surface area contributed by atoms with Gasteiger partial charge in [0.15, 0.2) is 11.5 Å². The number of benzene rings is 2. The number of ether oxygens (including phenoxy) is 3. The minimum Gasteiger partial charge on any atom is -0.490 e. The van der Waals surface area contributed by atoms with Gasteiger partial charge in [-0.1, -0.05) is 13.3 Å². The van der Waals surface area contributed by atoms with Crippen LogP contribution in [0.3, 0.4) is 0 Å². The van der Waals surface area contributed by atoms with Crippen molar-refractivity contribution < 1.29 is 33.5 Å². The van der Waals surface area contributed by atoms with Crippen molar-refractivity contribution in [2.75, 3.05) is 19.8 Å². The smallest absolute Gasteiger partial charge is 0.326 e. The Morgan fingerprint density at radius 1 is 1.16 bits per heavy atom. The predicted octanol–water partition coefficient (Wildman–Crippen LogP) is 5.71. The van der Waals surface area contributed by atoms with Crippen molar-refractivity contribution in [3.63, 3.8) is 0 Å². The van der Waals surface area contributed by atoms with Crippen LogP contribution in [0.1, 0.15) is 37.8 Å². The van der Waals surface area contributed by atoms with Crippen LogP contribution in [-0.2, 0) is 20.9 Å². The Kier molecular flexibility index (Phi) is 10.1. The van der Waals surface area contributed by atoms with E-state index in [1.807, 2.05) is 13.8 Å². The number of hydrogen-bond acceptors (Lipinski definition) is 9. The molecule has 3 rings (SSSR count). The molecule has 10 nitrogen and oxygen atoms in total. The van der Waals surface area contributed by atoms with Gasteiger partial charge in [-0.15, -0.1) is 0 Å². The number of hydrogen-bond donors (Lipinski definition) is 0. The normalized spacial score (nSPS) is 14.2. The highest BCUT2D eigenvalue weighted by Gasteiger charge is 2.36. The lowest BCUT2D eigenvalue weighted by atomic mass is 10.1. The summed E-state index contributed by atoms with van der Waals surface area (Å²) in [4.78, 5) is 48.5. The summed E-state index contributed by atoms with van der Waals surface area (Å²) < 4.78 is 17.3. The molecule has 1 saturated heterocycles. The summed E-state index contributed by atoms with van der Waals surface area (Å²) in [6.07, 6.45) is 3.11. The molecule has 12 heteroatoms. The van der Waals surface area contributed by atoms with Gasteiger partial charge in [-0.25, -0.2) is 0 Å². The van der Waals surface area contributed by atoms with Crippen LogP contribution in [-0.4, -0.2) is 46.7 Å². The fourth-order valence-electron chi connectivity index (χ4n) is 3.24. The van der Waals surface area contributed by atoms with E-state index in [2.05, 4.69) is 15.9 Å². The third-order valence-electron chi connectivity index (χ3n) is 5.08. The summed E-state index contributed by atoms with van der Waals surface area (Å²) in [5.74, 6) is -0.382. The molecule has 1 aliphatic rings. The lowest BCUT2D eigenvalue weighted by Gasteiger charge is -2.15. The molecule has 1 aliphatic heterocycles. The number of thioether (sulfide) groups is 1. The monoisotopic (exact) mass is 592 g/mol. The maximum Gasteiger partial charge on any atom is 0.326 e. The van der Waals surface area contributed by atoms with Crippen LogP contribution in [0.5, 0.6) is 11.5 Å². The molecule has 0 saturated carbocycles. The van der Waals surface area contributed by atoms with Gasteiger partial charge in [0.2, 0.25) is 0 Å². The molecular weight excluding hydrogens is 568 g/mol. The second kappa shape index (κ2) is 13.2. The fraction of sp³-hybridized carbons (Fsp3) is 0.320. The first kappa shape index (κ1) is 28.2. The molecule has 0 unspecified atom stereocenters. The Morgan fingerprint density at radius 2 is 1.89 bits per heavy atom. The van der Waals surface area contributed by atoms with E-state index in [-0.39, 0.29) is 23.8 Å². The van der Waals surface area contributed by atoms with Gasteiger partial charge in [0.25, 0.3) is 16.8 Å². The minimum atomic E-state index is -0.632. The molecule has 37 heavy (non-hydrogen) atoms. The van der Waals surface area contributed by atoms with Crippen LogP contribution < -0.4 is 9.47 Å². The Labute approximate surface area is 226 Å². The Bertz CT molecular complexity index is 1220. The summed E-state index contributed by atoms with van der Waals surface area (Å²) in [6, 6.07) is 9.40. The SMILES string of the molecule is CCCCOC(=O)CN1C(=O)S/C(=C/c2cc(Br)c(OCc3ccc([N+](=O)[O-])cc3)c(OCC)c2)C1=O. The van der Waals surface area contributed by atoms with E-state index >= 15 is 0 Å². The maximum atomic E-state index is 12.8. The Hall–Kier alpha value is -3.38. The summed E-state index contributed by atoms with van der Waals surface area (Å²) in [5.41, 5.74) is 1.29. The van der Waals surface area contributed by atoms with Gasteiger partial charge in [0.1, 0.15) is 13.2 Å². The summed E-state index contributed by atoms with van der Waals surface area (Å²) in [5, 5.41) is 10.3. The van der Waals surface area contributed by atoms with Crippen molar-refractivity contribution in [3.05, 3.63) is 67.0 Å². The molecule has 0 N–H and O–H groups in total. The molecule has 0 aromatic heterocycles. The number of esters is 1. The van der Waals surface area contributed by atoms with Gasteiger partial charge in [0.05, 0.1) is 27.5 Å². The standard InChI is InChI=1S/C25H25BrN2O8S/c1-3-5-10-35-22(29)14-27-24(30)21(37-25(27)31)13-17-11-19(26)23(20(12-17)34-4-2)36-15-16-6-8-18(9-7-16)28(32)33/h6-9,11-13H,3-5,10,14-15H2,1-2H3/b21-13+. The van der Waals surface area contributed by atoms with Crippen molar-refractivity contribution >= 4 is 56.6 Å². The Balaban J connectivity index is 1.75. The molecule has 0 atom stereocenters. The van der Waals surface area contributed by atoms with E-state index in [4.69, 9.17) is 14.2 Å². The number of nitro benzene ring substituents is 1. The van der Waals surface area contributed by atoms with E-state index < -0.39 is 28.6 Å². The number of unbranched alkanes of at least 4 members (excludes halogenated alkanes) is 1. The zero-order chi connectivity index (χ0) is 26.9. The van der Waals surface area contributed by atoms with E-state index in [0.717, 1.165) is 28.6 Å². The highest BCUT2D eigenvalue weighted by molar-refractivity contribution is 9.10. The molecule has 2 amide bonds. The van der Waals surface area contributed by atoms with Crippen LogP contribution >= 0.6 is 27.7 Å². The molecule has 2 aromatic rings. The number of nitrogens with zero attached hydrogens (tertiary/aromatic N) is 2. The number of carbonyl (C=O) groups excluding carboxylic acids is 3. The number of non-ortho nitro benzene ring substituents is 1. The lowest BCUT2D eigenvalue weighted by Crippen LogP contribution is -2.34. The van der Waals surface area contributed by atoms with Crippen LogP contribution in [0.25, 0.3) is 6.08 Å². The zero-order valence-electron chi connectivity index (χ0n) is 20.2. The fourth-order valence-corrected chi connectivity index (χ4v) is 4.65. The first-order chi connectivity index (χ1) is 17.7. The quantitative estimate of drug-likeness (QED) is 0.1000. The number of rotatable bonds is 12. The largest absolute Gasteiger partial charge is 0.490 e. The van der Waals surface area contributed by atoms with E-state index in [1.54, 1.807) is 30.3 Å². The summed E-state index contributed by atoms with van der Waals surface area (Å²) >= 11 is 4.21. The predicted molar refractivity (Wildman–Crippen MR) is 141 cm³/mol. The number of imide groups is 1. The molecule has 1 fully saturated rings. The van der Waals surface area contributed by atoms with Crippen molar-refractivity contribution in [1.82, 2.24) is 4.90 Å². The molecule has 0 bridgehead atoms. The highest BCUT2D eigenvalue weighted by Crippen LogP contribution is 2.39. The zero-order valence-corrected chi connectivity index (χ0v) is 22.6. The molecular formula is C25H25BrN2O8S. The van der Waals surface area contributed by atoms with E-state index in [9.17, 15) is 24.5 Å². The first-order valence-corrected chi connectivity index (χ1v) is 13.1. The van der Waals surface area contributed by atoms with Gasteiger partial charge in [-0.2, -0.15) is 0 Å². The average Bonchev–Trinajstić information content (AvgIpc) is 3.11. The van der Waals surface area contributed by atoms with Gasteiger partial charge in [-0.3, -0.25) is 29.4 Å². The van der Waals surface area contributed by atoms with E-state index in [0.29, 0.717) is 34.6 Å². The maximum absolute atomic E-state index is 12.8. The number of halogens is 1. The molecule has 2 aromatic carbocycles. The second-order valence-corrected chi connectivity index (χ2v) is 9.66. The van der Waals surface area contributed by atoms with Gasteiger partial charge in [-0.05, 0) is 82.5 Å². The Morgan fingerprint density at radius 3 is 2.54 bits per heavy atom.